The minimum Gasteiger partial charge on any atom is -0.312 e. The van der Waals surface area contributed by atoms with E-state index in [0.29, 0.717) is 5.41 Å². The summed E-state index contributed by atoms with van der Waals surface area (Å²) < 4.78 is 2.01. The van der Waals surface area contributed by atoms with E-state index in [0.717, 1.165) is 18.7 Å². The van der Waals surface area contributed by atoms with Gasteiger partial charge < -0.3 is 5.32 Å². The Morgan fingerprint density at radius 2 is 1.83 bits per heavy atom. The second kappa shape index (κ2) is 5.43. The first kappa shape index (κ1) is 15.2. The Bertz CT molecular complexity index is 383. The molecular weight excluding hydrogens is 222 g/mol. The van der Waals surface area contributed by atoms with Crippen LogP contribution in [0.5, 0.6) is 0 Å². The molecular formula is C15H29N3. The highest BCUT2D eigenvalue weighted by atomic mass is 15.3. The van der Waals surface area contributed by atoms with Crippen LogP contribution in [0.3, 0.4) is 0 Å². The van der Waals surface area contributed by atoms with Crippen molar-refractivity contribution in [1.29, 1.82) is 0 Å². The molecule has 0 bridgehead atoms. The summed E-state index contributed by atoms with van der Waals surface area (Å²) in [5.74, 6) is 0. The van der Waals surface area contributed by atoms with Gasteiger partial charge in [0.15, 0.2) is 0 Å². The molecule has 0 aliphatic rings. The van der Waals surface area contributed by atoms with Gasteiger partial charge in [-0.15, -0.1) is 0 Å². The third-order valence-corrected chi connectivity index (χ3v) is 3.22. The molecule has 0 spiro atoms. The van der Waals surface area contributed by atoms with Gasteiger partial charge in [-0.25, -0.2) is 0 Å². The van der Waals surface area contributed by atoms with E-state index in [1.807, 2.05) is 11.7 Å². The number of hydrogen-bond acceptors (Lipinski definition) is 2. The second-order valence-electron chi connectivity index (χ2n) is 7.17. The number of nitrogens with one attached hydrogen (secondary N) is 1. The molecule has 3 heteroatoms. The average molecular weight is 251 g/mol. The zero-order valence-corrected chi connectivity index (χ0v) is 13.1. The maximum atomic E-state index is 4.42. The van der Waals surface area contributed by atoms with Crippen molar-refractivity contribution in [2.75, 3.05) is 6.54 Å². The summed E-state index contributed by atoms with van der Waals surface area (Å²) in [5.41, 5.74) is 2.95. The van der Waals surface area contributed by atoms with Gasteiger partial charge in [0.05, 0.1) is 5.69 Å². The molecule has 0 aromatic carbocycles. The Kier molecular flexibility index (Phi) is 4.60. The third kappa shape index (κ3) is 5.21. The van der Waals surface area contributed by atoms with E-state index in [4.69, 9.17) is 0 Å². The second-order valence-corrected chi connectivity index (χ2v) is 7.17. The van der Waals surface area contributed by atoms with Crippen molar-refractivity contribution in [3.8, 4) is 0 Å². The van der Waals surface area contributed by atoms with Crippen molar-refractivity contribution in [3.05, 3.63) is 17.5 Å². The van der Waals surface area contributed by atoms with Crippen LogP contribution in [-0.4, -0.2) is 21.9 Å². The van der Waals surface area contributed by atoms with Gasteiger partial charge in [0, 0.05) is 18.3 Å². The molecule has 0 amide bonds. The van der Waals surface area contributed by atoms with Crippen molar-refractivity contribution >= 4 is 0 Å². The Hall–Kier alpha value is -0.830. The summed E-state index contributed by atoms with van der Waals surface area (Å²) in [6.45, 7) is 14.4. The zero-order chi connectivity index (χ0) is 14.0. The quantitative estimate of drug-likeness (QED) is 0.871. The molecule has 0 aliphatic heterocycles. The topological polar surface area (TPSA) is 29.9 Å². The van der Waals surface area contributed by atoms with E-state index >= 15 is 0 Å². The van der Waals surface area contributed by atoms with Gasteiger partial charge in [-0.1, -0.05) is 13.8 Å². The van der Waals surface area contributed by atoms with Crippen molar-refractivity contribution in [1.82, 2.24) is 15.1 Å². The summed E-state index contributed by atoms with van der Waals surface area (Å²) in [6.07, 6.45) is 2.25. The van der Waals surface area contributed by atoms with Crippen LogP contribution in [-0.2, 0) is 13.5 Å². The monoisotopic (exact) mass is 251 g/mol. The Balaban J connectivity index is 2.51. The lowest BCUT2D eigenvalue weighted by Gasteiger charge is -2.28. The SMILES string of the molecule is Cc1cc(CC(C)(C)CCNC(C)(C)C)n(C)n1. The molecule has 1 heterocycles. The maximum Gasteiger partial charge on any atom is 0.0596 e. The maximum absolute atomic E-state index is 4.42. The molecule has 0 saturated carbocycles. The predicted molar refractivity (Wildman–Crippen MR) is 77.8 cm³/mol. The number of rotatable bonds is 5. The van der Waals surface area contributed by atoms with Crippen LogP contribution < -0.4 is 5.32 Å². The molecule has 18 heavy (non-hydrogen) atoms. The summed E-state index contributed by atoms with van der Waals surface area (Å²) >= 11 is 0. The van der Waals surface area contributed by atoms with Crippen LogP contribution in [0.4, 0.5) is 0 Å². The van der Waals surface area contributed by atoms with Crippen LogP contribution >= 0.6 is 0 Å². The van der Waals surface area contributed by atoms with Gasteiger partial charge in [-0.05, 0) is 58.6 Å². The third-order valence-electron chi connectivity index (χ3n) is 3.22. The van der Waals surface area contributed by atoms with Crippen molar-refractivity contribution in [2.45, 2.75) is 59.9 Å². The van der Waals surface area contributed by atoms with Crippen LogP contribution in [0.25, 0.3) is 0 Å². The Morgan fingerprint density at radius 1 is 1.22 bits per heavy atom. The Labute approximate surface area is 112 Å². The van der Waals surface area contributed by atoms with Crippen LogP contribution in [0.2, 0.25) is 0 Å². The van der Waals surface area contributed by atoms with Crippen LogP contribution in [0.1, 0.15) is 52.4 Å². The van der Waals surface area contributed by atoms with E-state index in [1.165, 1.54) is 12.1 Å². The van der Waals surface area contributed by atoms with Gasteiger partial charge >= 0.3 is 0 Å². The molecule has 0 saturated heterocycles. The molecule has 104 valence electrons. The molecule has 1 aromatic rings. The minimum absolute atomic E-state index is 0.208. The lowest BCUT2D eigenvalue weighted by Crippen LogP contribution is -2.38. The average Bonchev–Trinajstić information content (AvgIpc) is 2.41. The van der Waals surface area contributed by atoms with E-state index in [9.17, 15) is 0 Å². The van der Waals surface area contributed by atoms with E-state index in [1.54, 1.807) is 0 Å². The number of hydrogen-bond donors (Lipinski definition) is 1. The highest BCUT2D eigenvalue weighted by molar-refractivity contribution is 5.10. The number of nitrogens with zero attached hydrogens (tertiary/aromatic N) is 2. The van der Waals surface area contributed by atoms with E-state index in [2.05, 4.69) is 58.0 Å². The van der Waals surface area contributed by atoms with Crippen molar-refractivity contribution < 1.29 is 0 Å². The molecule has 0 fully saturated rings. The minimum atomic E-state index is 0.208. The molecule has 0 aliphatic carbocycles. The first-order valence-corrected chi connectivity index (χ1v) is 6.84. The van der Waals surface area contributed by atoms with Gasteiger partial charge in [-0.3, -0.25) is 4.68 Å². The fraction of sp³-hybridized carbons (Fsp3) is 0.800. The molecule has 3 nitrogen and oxygen atoms in total. The number of aromatic nitrogens is 2. The highest BCUT2D eigenvalue weighted by Gasteiger charge is 2.21. The van der Waals surface area contributed by atoms with Gasteiger partial charge in [0.2, 0.25) is 0 Å². The zero-order valence-electron chi connectivity index (χ0n) is 13.1. The Morgan fingerprint density at radius 3 is 2.28 bits per heavy atom. The predicted octanol–water partition coefficient (Wildman–Crippen LogP) is 3.08. The fourth-order valence-electron chi connectivity index (χ4n) is 2.18. The summed E-state index contributed by atoms with van der Waals surface area (Å²) in [6, 6.07) is 2.19. The lowest BCUT2D eigenvalue weighted by atomic mass is 9.84. The van der Waals surface area contributed by atoms with Crippen LogP contribution in [0, 0.1) is 12.3 Å². The molecule has 0 unspecified atom stereocenters. The van der Waals surface area contributed by atoms with Gasteiger partial charge in [0.25, 0.3) is 0 Å². The van der Waals surface area contributed by atoms with Crippen molar-refractivity contribution in [3.63, 3.8) is 0 Å². The smallest absolute Gasteiger partial charge is 0.0596 e. The first-order chi connectivity index (χ1) is 8.09. The first-order valence-electron chi connectivity index (χ1n) is 6.84. The van der Waals surface area contributed by atoms with E-state index < -0.39 is 0 Å². The van der Waals surface area contributed by atoms with Crippen molar-refractivity contribution in [2.24, 2.45) is 12.5 Å². The summed E-state index contributed by atoms with van der Waals surface area (Å²) in [4.78, 5) is 0. The largest absolute Gasteiger partial charge is 0.312 e. The van der Waals surface area contributed by atoms with E-state index in [-0.39, 0.29) is 5.54 Å². The summed E-state index contributed by atoms with van der Waals surface area (Å²) in [7, 11) is 2.03. The van der Waals surface area contributed by atoms with Crippen LogP contribution in [0.15, 0.2) is 6.07 Å². The molecule has 0 atom stereocenters. The normalized spacial score (nSPS) is 13.1. The lowest BCUT2D eigenvalue weighted by molar-refractivity contribution is 0.297. The summed E-state index contributed by atoms with van der Waals surface area (Å²) in [5, 5.41) is 7.98. The standard InChI is InChI=1S/C15H29N3/c1-12-10-13(18(7)17-12)11-15(5,6)8-9-16-14(2,3)4/h10,16H,8-9,11H2,1-7H3. The fourth-order valence-corrected chi connectivity index (χ4v) is 2.18. The van der Waals surface area contributed by atoms with Gasteiger partial charge in [0.1, 0.15) is 0 Å². The number of aryl methyl sites for hydroxylation is 2. The molecule has 1 aromatic heterocycles. The molecule has 1 rings (SSSR count). The molecule has 1 N–H and O–H groups in total. The van der Waals surface area contributed by atoms with Gasteiger partial charge in [-0.2, -0.15) is 5.10 Å². The molecule has 0 radical (unpaired) electrons. The highest BCUT2D eigenvalue weighted by Crippen LogP contribution is 2.25.